The molecule has 3 rings (SSSR count). The second-order valence-corrected chi connectivity index (χ2v) is 8.23. The summed E-state index contributed by atoms with van der Waals surface area (Å²) in [4.78, 5) is 27.7. The first-order valence-electron chi connectivity index (χ1n) is 9.40. The van der Waals surface area contributed by atoms with E-state index in [9.17, 15) is 9.59 Å². The molecule has 7 nitrogen and oxygen atoms in total. The molecule has 0 atom stereocenters. The molecule has 1 heterocycles. The van der Waals surface area contributed by atoms with E-state index >= 15 is 0 Å². The van der Waals surface area contributed by atoms with Crippen molar-refractivity contribution in [1.29, 1.82) is 0 Å². The number of amides is 2. The zero-order chi connectivity index (χ0) is 22.4. The number of aryl methyl sites for hydroxylation is 1. The first-order chi connectivity index (χ1) is 14.9. The Hall–Kier alpha value is -2.97. The van der Waals surface area contributed by atoms with E-state index in [2.05, 4.69) is 10.5 Å². The Morgan fingerprint density at radius 1 is 1.23 bits per heavy atom. The molecular weight excluding hydrogens is 438 g/mol. The van der Waals surface area contributed by atoms with E-state index in [0.717, 1.165) is 16.3 Å². The average Bonchev–Trinajstić information content (AvgIpc) is 3.17. The second-order valence-electron chi connectivity index (χ2n) is 6.77. The van der Waals surface area contributed by atoms with Gasteiger partial charge in [-0.1, -0.05) is 28.9 Å². The Morgan fingerprint density at radius 2 is 2.00 bits per heavy atom. The van der Waals surface area contributed by atoms with Gasteiger partial charge in [-0.05, 0) is 37.3 Å². The molecule has 9 heteroatoms. The quantitative estimate of drug-likeness (QED) is 0.493. The van der Waals surface area contributed by atoms with Gasteiger partial charge in [0.2, 0.25) is 5.91 Å². The van der Waals surface area contributed by atoms with Crippen LogP contribution in [0.5, 0.6) is 5.75 Å². The number of aromatic nitrogens is 1. The number of thioether (sulfide) groups is 1. The Kier molecular flexibility index (Phi) is 7.59. The van der Waals surface area contributed by atoms with E-state index in [4.69, 9.17) is 20.9 Å². The lowest BCUT2D eigenvalue weighted by molar-refractivity contribution is -0.116. The predicted molar refractivity (Wildman–Crippen MR) is 121 cm³/mol. The standard InChI is InChI=1S/C22H22ClN3O4S/c1-14-10-16(30-25-14)13-31-20-7-5-4-6-17(20)22(28)26(2)12-21(27)24-18-11-15(23)8-9-19(18)29-3/h4-11H,12-13H2,1-3H3,(H,24,27). The van der Waals surface area contributed by atoms with Crippen LogP contribution in [0, 0.1) is 6.92 Å². The van der Waals surface area contributed by atoms with Crippen LogP contribution < -0.4 is 10.1 Å². The minimum atomic E-state index is -0.362. The smallest absolute Gasteiger partial charge is 0.255 e. The molecule has 2 aromatic carbocycles. The number of methoxy groups -OCH3 is 1. The summed E-state index contributed by atoms with van der Waals surface area (Å²) in [5.74, 6) is 1.14. The van der Waals surface area contributed by atoms with Crippen molar-refractivity contribution in [3.05, 3.63) is 70.6 Å². The summed E-state index contributed by atoms with van der Waals surface area (Å²) in [6, 6.07) is 14.0. The van der Waals surface area contributed by atoms with Crippen molar-refractivity contribution in [2.24, 2.45) is 0 Å². The molecule has 0 radical (unpaired) electrons. The predicted octanol–water partition coefficient (Wildman–Crippen LogP) is 4.65. The zero-order valence-electron chi connectivity index (χ0n) is 17.3. The van der Waals surface area contributed by atoms with Gasteiger partial charge < -0.3 is 19.5 Å². The number of likely N-dealkylation sites (N-methyl/N-ethyl adjacent to an activating group) is 1. The van der Waals surface area contributed by atoms with Crippen LogP contribution in [0.2, 0.25) is 5.02 Å². The minimum absolute atomic E-state index is 0.130. The molecule has 0 unspecified atom stereocenters. The molecule has 2 amide bonds. The summed E-state index contributed by atoms with van der Waals surface area (Å²) in [6.07, 6.45) is 0. The van der Waals surface area contributed by atoms with Gasteiger partial charge in [-0.2, -0.15) is 0 Å². The summed E-state index contributed by atoms with van der Waals surface area (Å²) >= 11 is 7.48. The van der Waals surface area contributed by atoms with Gasteiger partial charge in [0.1, 0.15) is 11.5 Å². The number of carbonyl (C=O) groups is 2. The number of nitrogens with zero attached hydrogens (tertiary/aromatic N) is 2. The maximum absolute atomic E-state index is 13.0. The Balaban J connectivity index is 1.66. The van der Waals surface area contributed by atoms with E-state index in [1.165, 1.54) is 23.8 Å². The molecule has 31 heavy (non-hydrogen) atoms. The SMILES string of the molecule is COc1ccc(Cl)cc1NC(=O)CN(C)C(=O)c1ccccc1SCc1cc(C)no1. The number of rotatable bonds is 8. The van der Waals surface area contributed by atoms with Crippen molar-refractivity contribution in [3.8, 4) is 5.75 Å². The lowest BCUT2D eigenvalue weighted by Crippen LogP contribution is -2.35. The van der Waals surface area contributed by atoms with Crippen LogP contribution in [-0.4, -0.2) is 42.6 Å². The van der Waals surface area contributed by atoms with E-state index < -0.39 is 0 Å². The third-order valence-electron chi connectivity index (χ3n) is 4.33. The molecule has 1 aromatic heterocycles. The molecule has 162 valence electrons. The lowest BCUT2D eigenvalue weighted by atomic mass is 10.2. The van der Waals surface area contributed by atoms with Crippen LogP contribution in [0.25, 0.3) is 0 Å². The topological polar surface area (TPSA) is 84.7 Å². The van der Waals surface area contributed by atoms with Crippen LogP contribution in [0.15, 0.2) is 57.9 Å². The number of anilines is 1. The normalized spacial score (nSPS) is 10.6. The van der Waals surface area contributed by atoms with E-state index in [1.807, 2.05) is 25.1 Å². The highest BCUT2D eigenvalue weighted by Gasteiger charge is 2.19. The molecule has 3 aromatic rings. The van der Waals surface area contributed by atoms with Gasteiger partial charge in [0.15, 0.2) is 0 Å². The number of benzene rings is 2. The van der Waals surface area contributed by atoms with E-state index in [0.29, 0.717) is 27.8 Å². The molecule has 0 spiro atoms. The van der Waals surface area contributed by atoms with Gasteiger partial charge in [-0.15, -0.1) is 11.8 Å². The number of hydrogen-bond donors (Lipinski definition) is 1. The fourth-order valence-electron chi connectivity index (χ4n) is 2.86. The minimum Gasteiger partial charge on any atom is -0.495 e. The summed E-state index contributed by atoms with van der Waals surface area (Å²) in [6.45, 7) is 1.73. The molecule has 0 aliphatic heterocycles. The van der Waals surface area contributed by atoms with Crippen LogP contribution in [0.4, 0.5) is 5.69 Å². The van der Waals surface area contributed by atoms with Crippen LogP contribution in [0.3, 0.4) is 0 Å². The zero-order valence-corrected chi connectivity index (χ0v) is 18.9. The van der Waals surface area contributed by atoms with Crippen molar-refractivity contribution in [3.63, 3.8) is 0 Å². The molecular formula is C22H22ClN3O4S. The largest absolute Gasteiger partial charge is 0.495 e. The first kappa shape index (κ1) is 22.7. The molecule has 0 aliphatic carbocycles. The van der Waals surface area contributed by atoms with Crippen LogP contribution >= 0.6 is 23.4 Å². The maximum Gasteiger partial charge on any atom is 0.255 e. The number of halogens is 1. The summed E-state index contributed by atoms with van der Waals surface area (Å²) in [5.41, 5.74) is 1.76. The van der Waals surface area contributed by atoms with Gasteiger partial charge in [0, 0.05) is 23.0 Å². The Morgan fingerprint density at radius 3 is 2.71 bits per heavy atom. The van der Waals surface area contributed by atoms with Gasteiger partial charge in [0.25, 0.3) is 5.91 Å². The van der Waals surface area contributed by atoms with Gasteiger partial charge >= 0.3 is 0 Å². The van der Waals surface area contributed by atoms with E-state index in [-0.39, 0.29) is 18.4 Å². The fourth-order valence-corrected chi connectivity index (χ4v) is 3.95. The Labute approximate surface area is 189 Å². The summed E-state index contributed by atoms with van der Waals surface area (Å²) in [7, 11) is 3.08. The van der Waals surface area contributed by atoms with Crippen molar-refractivity contribution < 1.29 is 18.8 Å². The summed E-state index contributed by atoms with van der Waals surface area (Å²) < 4.78 is 10.5. The third-order valence-corrected chi connectivity index (χ3v) is 5.66. The van der Waals surface area contributed by atoms with Crippen LogP contribution in [-0.2, 0) is 10.5 Å². The molecule has 0 saturated heterocycles. The highest BCUT2D eigenvalue weighted by Crippen LogP contribution is 2.29. The molecule has 1 N–H and O–H groups in total. The number of hydrogen-bond acceptors (Lipinski definition) is 6. The van der Waals surface area contributed by atoms with Gasteiger partial charge in [-0.25, -0.2) is 0 Å². The fraction of sp³-hybridized carbons (Fsp3) is 0.227. The average molecular weight is 460 g/mol. The maximum atomic E-state index is 13.0. The monoisotopic (exact) mass is 459 g/mol. The molecule has 0 fully saturated rings. The molecule has 0 bridgehead atoms. The third kappa shape index (κ3) is 6.02. The molecule has 0 aliphatic rings. The van der Waals surface area contributed by atoms with E-state index in [1.54, 1.807) is 37.4 Å². The van der Waals surface area contributed by atoms with Crippen molar-refractivity contribution in [2.45, 2.75) is 17.6 Å². The number of nitrogens with one attached hydrogen (secondary N) is 1. The van der Waals surface area contributed by atoms with Gasteiger partial charge in [-0.3, -0.25) is 9.59 Å². The van der Waals surface area contributed by atoms with Crippen LogP contribution in [0.1, 0.15) is 21.8 Å². The van der Waals surface area contributed by atoms with Crippen molar-refractivity contribution in [2.75, 3.05) is 26.0 Å². The highest BCUT2D eigenvalue weighted by molar-refractivity contribution is 7.98. The number of ether oxygens (including phenoxy) is 1. The highest BCUT2D eigenvalue weighted by atomic mass is 35.5. The second kappa shape index (κ2) is 10.4. The number of carbonyl (C=O) groups excluding carboxylic acids is 2. The van der Waals surface area contributed by atoms with Crippen molar-refractivity contribution >= 4 is 40.9 Å². The summed E-state index contributed by atoms with van der Waals surface area (Å²) in [5, 5.41) is 7.08. The Bertz CT molecular complexity index is 1090. The van der Waals surface area contributed by atoms with Gasteiger partial charge in [0.05, 0.1) is 36.4 Å². The first-order valence-corrected chi connectivity index (χ1v) is 10.8. The lowest BCUT2D eigenvalue weighted by Gasteiger charge is -2.19. The molecule has 0 saturated carbocycles. The van der Waals surface area contributed by atoms with Crippen molar-refractivity contribution in [1.82, 2.24) is 10.1 Å².